The molecule has 0 fully saturated rings. The number of allylic oxidation sites excluding steroid dienone is 5. The number of nitrogens with zero attached hydrogens (tertiary/aromatic N) is 1. The van der Waals surface area contributed by atoms with E-state index >= 15 is 0 Å². The standard InChI is InChI=1S/C7H8.C6H6.C5H8.C4H6.C3H3N/c1-7-5-3-2-4-6-7;1-2-4-6-5-3-1;1-4-5(2)3;1-3-4-2;1-2-3-4/h2-6H,1H3;1-6H;4H,1-2H2,3H3;3-4H,1-2H2;2H,1H2. The van der Waals surface area contributed by atoms with Crippen molar-refractivity contribution in [1.82, 2.24) is 0 Å². The summed E-state index contributed by atoms with van der Waals surface area (Å²) in [5.74, 6) is 0. The van der Waals surface area contributed by atoms with Crippen molar-refractivity contribution in [2.45, 2.75) is 13.8 Å². The molecular formula is C25H31N. The maximum absolute atomic E-state index is 7.51. The molecule has 0 heterocycles. The molecule has 0 aromatic heterocycles. The molecule has 0 N–H and O–H groups in total. The van der Waals surface area contributed by atoms with Crippen LogP contribution in [0.3, 0.4) is 0 Å². The molecular weight excluding hydrogens is 314 g/mol. The van der Waals surface area contributed by atoms with Gasteiger partial charge in [0.1, 0.15) is 0 Å². The maximum atomic E-state index is 7.51. The lowest BCUT2D eigenvalue weighted by Gasteiger charge is -1.82. The van der Waals surface area contributed by atoms with Gasteiger partial charge in [0.05, 0.1) is 6.07 Å². The van der Waals surface area contributed by atoms with Gasteiger partial charge in [0.25, 0.3) is 0 Å². The number of rotatable bonds is 2. The SMILES string of the molecule is C=CC#N.C=CC(=C)C.C=CC=C.Cc1ccccc1.c1ccccc1. The summed E-state index contributed by atoms with van der Waals surface area (Å²) in [6.45, 7) is 20.8. The van der Waals surface area contributed by atoms with Crippen molar-refractivity contribution in [3.63, 3.8) is 0 Å². The number of hydrogen-bond acceptors (Lipinski definition) is 1. The predicted octanol–water partition coefficient (Wildman–Crippen LogP) is 7.48. The first-order valence-electron chi connectivity index (χ1n) is 8.03. The number of aryl methyl sites for hydroxylation is 1. The minimum absolute atomic E-state index is 1.02. The monoisotopic (exact) mass is 345 g/mol. The fourth-order valence-corrected chi connectivity index (χ4v) is 0.919. The van der Waals surface area contributed by atoms with E-state index in [0.29, 0.717) is 0 Å². The van der Waals surface area contributed by atoms with Gasteiger partial charge >= 0.3 is 0 Å². The van der Waals surface area contributed by atoms with Crippen LogP contribution < -0.4 is 0 Å². The number of benzene rings is 2. The van der Waals surface area contributed by atoms with Crippen molar-refractivity contribution in [3.05, 3.63) is 135 Å². The van der Waals surface area contributed by atoms with Crippen LogP contribution in [0, 0.1) is 18.3 Å². The zero-order valence-corrected chi connectivity index (χ0v) is 16.1. The van der Waals surface area contributed by atoms with E-state index in [9.17, 15) is 0 Å². The average Bonchev–Trinajstić information content (AvgIpc) is 2.71. The number of nitriles is 1. The molecule has 0 saturated heterocycles. The van der Waals surface area contributed by atoms with Gasteiger partial charge in [0.15, 0.2) is 0 Å². The van der Waals surface area contributed by atoms with Crippen molar-refractivity contribution in [1.29, 1.82) is 5.26 Å². The molecule has 1 heteroatoms. The Balaban J connectivity index is -0.000000260. The Kier molecular flexibility index (Phi) is 28.0. The second kappa shape index (κ2) is 26.5. The van der Waals surface area contributed by atoms with Gasteiger partial charge in [0.2, 0.25) is 0 Å². The minimum Gasteiger partial charge on any atom is -0.193 e. The summed E-state index contributed by atoms with van der Waals surface area (Å²) in [5.41, 5.74) is 2.34. The van der Waals surface area contributed by atoms with E-state index in [-0.39, 0.29) is 0 Å². The third-order valence-electron chi connectivity index (χ3n) is 2.21. The van der Waals surface area contributed by atoms with Gasteiger partial charge in [-0.15, -0.1) is 0 Å². The van der Waals surface area contributed by atoms with Crippen molar-refractivity contribution in [2.24, 2.45) is 0 Å². The highest BCUT2D eigenvalue weighted by molar-refractivity contribution is 5.11. The van der Waals surface area contributed by atoms with Crippen LogP contribution in [0.4, 0.5) is 0 Å². The highest BCUT2D eigenvalue weighted by Gasteiger charge is 1.72. The van der Waals surface area contributed by atoms with Crippen LogP contribution in [-0.2, 0) is 0 Å². The molecule has 0 aliphatic carbocycles. The Morgan fingerprint density at radius 1 is 0.808 bits per heavy atom. The lowest BCUT2D eigenvalue weighted by atomic mass is 10.2. The molecule has 2 aromatic carbocycles. The largest absolute Gasteiger partial charge is 0.193 e. The van der Waals surface area contributed by atoms with Crippen LogP contribution >= 0.6 is 0 Å². The lowest BCUT2D eigenvalue weighted by molar-refractivity contribution is 1.48. The van der Waals surface area contributed by atoms with E-state index in [2.05, 4.69) is 52.0 Å². The Hall–Kier alpha value is -3.37. The summed E-state index contributed by atoms with van der Waals surface area (Å²) in [6, 6.07) is 24.0. The lowest BCUT2D eigenvalue weighted by Crippen LogP contribution is -1.62. The van der Waals surface area contributed by atoms with E-state index in [0.717, 1.165) is 5.57 Å². The van der Waals surface area contributed by atoms with E-state index < -0.39 is 0 Å². The quantitative estimate of drug-likeness (QED) is 0.408. The highest BCUT2D eigenvalue weighted by atomic mass is 14.2. The second-order valence-corrected chi connectivity index (χ2v) is 4.66. The van der Waals surface area contributed by atoms with Crippen molar-refractivity contribution in [2.75, 3.05) is 0 Å². The second-order valence-electron chi connectivity index (χ2n) is 4.66. The van der Waals surface area contributed by atoms with Crippen LogP contribution in [-0.4, -0.2) is 0 Å². The average molecular weight is 346 g/mol. The molecule has 0 aliphatic heterocycles. The van der Waals surface area contributed by atoms with Gasteiger partial charge in [-0.2, -0.15) is 5.26 Å². The topological polar surface area (TPSA) is 23.8 Å². The van der Waals surface area contributed by atoms with Gasteiger partial charge in [0, 0.05) is 6.08 Å². The molecule has 2 aromatic rings. The van der Waals surface area contributed by atoms with E-state index in [4.69, 9.17) is 5.26 Å². The molecule has 26 heavy (non-hydrogen) atoms. The molecule has 0 atom stereocenters. The van der Waals surface area contributed by atoms with Crippen LogP contribution in [0.5, 0.6) is 0 Å². The molecule has 1 nitrogen and oxygen atoms in total. The van der Waals surface area contributed by atoms with E-state index in [1.54, 1.807) is 24.3 Å². The fourth-order valence-electron chi connectivity index (χ4n) is 0.919. The number of hydrogen-bond donors (Lipinski definition) is 0. The van der Waals surface area contributed by atoms with E-state index in [1.165, 1.54) is 11.6 Å². The Bertz CT molecular complexity index is 583. The molecule has 0 spiro atoms. The van der Waals surface area contributed by atoms with Crippen LogP contribution in [0.1, 0.15) is 12.5 Å². The Morgan fingerprint density at radius 2 is 1.08 bits per heavy atom. The zero-order valence-electron chi connectivity index (χ0n) is 16.1. The first-order chi connectivity index (χ1) is 12.5. The van der Waals surface area contributed by atoms with Gasteiger partial charge in [-0.25, -0.2) is 0 Å². The van der Waals surface area contributed by atoms with Gasteiger partial charge in [-0.05, 0) is 13.8 Å². The molecule has 0 aliphatic rings. The zero-order chi connectivity index (χ0) is 20.5. The fraction of sp³-hybridized carbons (Fsp3) is 0.0800. The van der Waals surface area contributed by atoms with Crippen molar-refractivity contribution in [3.8, 4) is 6.07 Å². The first-order valence-corrected chi connectivity index (χ1v) is 8.03. The van der Waals surface area contributed by atoms with Gasteiger partial charge < -0.3 is 0 Å². The third kappa shape index (κ3) is 37.1. The summed E-state index contributed by atoms with van der Waals surface area (Å²) >= 11 is 0. The van der Waals surface area contributed by atoms with E-state index in [1.807, 2.05) is 61.5 Å². The first kappa shape index (κ1) is 27.5. The van der Waals surface area contributed by atoms with Gasteiger partial charge in [-0.1, -0.05) is 129 Å². The van der Waals surface area contributed by atoms with Gasteiger partial charge in [-0.3, -0.25) is 0 Å². The molecule has 0 unspecified atom stereocenters. The smallest absolute Gasteiger partial charge is 0.0905 e. The molecule has 0 bridgehead atoms. The molecule has 0 saturated carbocycles. The maximum Gasteiger partial charge on any atom is 0.0905 e. The molecule has 2 rings (SSSR count). The Morgan fingerprint density at radius 3 is 1.19 bits per heavy atom. The highest BCUT2D eigenvalue weighted by Crippen LogP contribution is 1.92. The molecule has 0 amide bonds. The van der Waals surface area contributed by atoms with Crippen molar-refractivity contribution < 1.29 is 0 Å². The Labute approximate surface area is 160 Å². The van der Waals surface area contributed by atoms with Crippen LogP contribution in [0.2, 0.25) is 0 Å². The predicted molar refractivity (Wildman–Crippen MR) is 119 cm³/mol. The molecule has 0 radical (unpaired) electrons. The van der Waals surface area contributed by atoms with Crippen LogP contribution in [0.15, 0.2) is 130 Å². The normalized spacial score (nSPS) is 6.81. The molecule has 136 valence electrons. The summed E-state index contributed by atoms with van der Waals surface area (Å²) in [4.78, 5) is 0. The summed E-state index contributed by atoms with van der Waals surface area (Å²) in [7, 11) is 0. The van der Waals surface area contributed by atoms with Crippen LogP contribution in [0.25, 0.3) is 0 Å². The summed E-state index contributed by atoms with van der Waals surface area (Å²) in [5, 5.41) is 7.51. The summed E-state index contributed by atoms with van der Waals surface area (Å²) < 4.78 is 0. The summed E-state index contributed by atoms with van der Waals surface area (Å²) in [6.07, 6.45) is 6.18. The van der Waals surface area contributed by atoms with Crippen molar-refractivity contribution >= 4 is 0 Å². The third-order valence-corrected chi connectivity index (χ3v) is 2.21. The minimum atomic E-state index is 1.02.